The van der Waals surface area contributed by atoms with Crippen molar-refractivity contribution >= 4 is 23.1 Å². The Bertz CT molecular complexity index is 224. The topological polar surface area (TPSA) is 24.9 Å². The number of hydrogen-bond donors (Lipinski definition) is 1. The van der Waals surface area contributed by atoms with E-state index in [1.807, 2.05) is 23.5 Å². The standard InChI is InChI=1S/C10H18N2S2/c1-3-4-12-9(7-13-2)5-10-6-11-8-14-10/h6,8-9,12H,3-5,7H2,1-2H3. The first kappa shape index (κ1) is 12.0. The number of hydrogen-bond acceptors (Lipinski definition) is 4. The highest BCUT2D eigenvalue weighted by molar-refractivity contribution is 7.98. The summed E-state index contributed by atoms with van der Waals surface area (Å²) >= 11 is 3.65. The van der Waals surface area contributed by atoms with Crippen molar-refractivity contribution in [3.63, 3.8) is 0 Å². The van der Waals surface area contributed by atoms with Crippen LogP contribution in [0.4, 0.5) is 0 Å². The maximum absolute atomic E-state index is 4.10. The molecular weight excluding hydrogens is 212 g/mol. The summed E-state index contributed by atoms with van der Waals surface area (Å²) in [5, 5.41) is 3.57. The van der Waals surface area contributed by atoms with E-state index in [1.165, 1.54) is 17.1 Å². The zero-order valence-electron chi connectivity index (χ0n) is 8.82. The summed E-state index contributed by atoms with van der Waals surface area (Å²) in [5.74, 6) is 1.18. The van der Waals surface area contributed by atoms with Gasteiger partial charge < -0.3 is 5.32 Å². The Labute approximate surface area is 94.5 Å². The van der Waals surface area contributed by atoms with Gasteiger partial charge in [0.1, 0.15) is 0 Å². The van der Waals surface area contributed by atoms with Crippen molar-refractivity contribution in [1.29, 1.82) is 0 Å². The molecule has 0 aliphatic rings. The molecule has 80 valence electrons. The molecule has 1 aromatic heterocycles. The molecule has 2 nitrogen and oxygen atoms in total. The van der Waals surface area contributed by atoms with E-state index >= 15 is 0 Å². The van der Waals surface area contributed by atoms with Crippen molar-refractivity contribution in [3.8, 4) is 0 Å². The number of aromatic nitrogens is 1. The number of thiazole rings is 1. The Morgan fingerprint density at radius 2 is 2.50 bits per heavy atom. The van der Waals surface area contributed by atoms with Gasteiger partial charge in [-0.25, -0.2) is 0 Å². The molecule has 0 bridgehead atoms. The summed E-state index contributed by atoms with van der Waals surface area (Å²) in [6.45, 7) is 3.32. The minimum Gasteiger partial charge on any atom is -0.313 e. The molecule has 1 aromatic rings. The summed E-state index contributed by atoms with van der Waals surface area (Å²) in [4.78, 5) is 5.48. The van der Waals surface area contributed by atoms with E-state index in [9.17, 15) is 0 Å². The van der Waals surface area contributed by atoms with Gasteiger partial charge in [-0.2, -0.15) is 11.8 Å². The van der Waals surface area contributed by atoms with Crippen LogP contribution in [0.25, 0.3) is 0 Å². The Kier molecular flexibility index (Phi) is 6.23. The quantitative estimate of drug-likeness (QED) is 0.778. The van der Waals surface area contributed by atoms with E-state index in [2.05, 4.69) is 23.5 Å². The molecule has 0 fully saturated rings. The summed E-state index contributed by atoms with van der Waals surface area (Å²) in [7, 11) is 0. The van der Waals surface area contributed by atoms with Gasteiger partial charge >= 0.3 is 0 Å². The van der Waals surface area contributed by atoms with Crippen LogP contribution in [0.5, 0.6) is 0 Å². The fourth-order valence-corrected chi connectivity index (χ4v) is 2.64. The normalized spacial score (nSPS) is 13.0. The molecule has 0 aliphatic carbocycles. The van der Waals surface area contributed by atoms with Crippen LogP contribution in [0.1, 0.15) is 18.2 Å². The minimum absolute atomic E-state index is 0.602. The Hall–Kier alpha value is -0.0600. The second-order valence-corrected chi connectivity index (χ2v) is 5.16. The van der Waals surface area contributed by atoms with Gasteiger partial charge in [-0.1, -0.05) is 6.92 Å². The minimum atomic E-state index is 0.602. The second kappa shape index (κ2) is 7.26. The lowest BCUT2D eigenvalue weighted by atomic mass is 10.2. The van der Waals surface area contributed by atoms with Crippen LogP contribution in [0.3, 0.4) is 0 Å². The van der Waals surface area contributed by atoms with Crippen LogP contribution in [0.15, 0.2) is 11.7 Å². The van der Waals surface area contributed by atoms with Crippen LogP contribution in [0, 0.1) is 0 Å². The van der Waals surface area contributed by atoms with Crippen molar-refractivity contribution in [2.24, 2.45) is 0 Å². The van der Waals surface area contributed by atoms with E-state index in [0.717, 1.165) is 13.0 Å². The fraction of sp³-hybridized carbons (Fsp3) is 0.700. The molecule has 0 saturated heterocycles. The predicted octanol–water partition coefficient (Wildman–Crippen LogP) is 2.42. The van der Waals surface area contributed by atoms with Gasteiger partial charge in [0.25, 0.3) is 0 Å². The fourth-order valence-electron chi connectivity index (χ4n) is 1.33. The average Bonchev–Trinajstić information content (AvgIpc) is 2.67. The molecule has 1 rings (SSSR count). The van der Waals surface area contributed by atoms with E-state index in [4.69, 9.17) is 0 Å². The molecule has 1 N–H and O–H groups in total. The maximum Gasteiger partial charge on any atom is 0.0794 e. The van der Waals surface area contributed by atoms with Crippen LogP contribution in [0.2, 0.25) is 0 Å². The van der Waals surface area contributed by atoms with E-state index < -0.39 is 0 Å². The van der Waals surface area contributed by atoms with Crippen molar-refractivity contribution < 1.29 is 0 Å². The lowest BCUT2D eigenvalue weighted by Crippen LogP contribution is -2.33. The lowest BCUT2D eigenvalue weighted by molar-refractivity contribution is 0.553. The molecule has 14 heavy (non-hydrogen) atoms. The van der Waals surface area contributed by atoms with Crippen LogP contribution in [-0.2, 0) is 6.42 Å². The van der Waals surface area contributed by atoms with Crippen LogP contribution < -0.4 is 5.32 Å². The summed E-state index contributed by atoms with van der Waals surface area (Å²) < 4.78 is 0. The summed E-state index contributed by atoms with van der Waals surface area (Å²) in [6, 6.07) is 0.602. The number of nitrogens with zero attached hydrogens (tertiary/aromatic N) is 1. The van der Waals surface area contributed by atoms with Gasteiger partial charge in [0.05, 0.1) is 5.51 Å². The molecule has 1 heterocycles. The SMILES string of the molecule is CCCNC(CSC)Cc1cncs1. The molecule has 0 aliphatic heterocycles. The largest absolute Gasteiger partial charge is 0.313 e. The molecule has 0 spiro atoms. The molecule has 0 radical (unpaired) electrons. The van der Waals surface area contributed by atoms with E-state index in [0.29, 0.717) is 6.04 Å². The van der Waals surface area contributed by atoms with Crippen molar-refractivity contribution in [3.05, 3.63) is 16.6 Å². The molecule has 0 amide bonds. The van der Waals surface area contributed by atoms with Gasteiger partial charge in [-0.05, 0) is 25.6 Å². The second-order valence-electron chi connectivity index (χ2n) is 3.28. The third-order valence-corrected chi connectivity index (χ3v) is 3.52. The van der Waals surface area contributed by atoms with Crippen molar-refractivity contribution in [2.45, 2.75) is 25.8 Å². The van der Waals surface area contributed by atoms with Crippen molar-refractivity contribution in [2.75, 3.05) is 18.6 Å². The highest BCUT2D eigenvalue weighted by atomic mass is 32.2. The Morgan fingerprint density at radius 1 is 1.64 bits per heavy atom. The summed E-state index contributed by atoms with van der Waals surface area (Å²) in [5.41, 5.74) is 1.91. The summed E-state index contributed by atoms with van der Waals surface area (Å²) in [6.07, 6.45) is 6.46. The number of rotatable bonds is 7. The first-order valence-corrected chi connectivity index (χ1v) is 7.23. The predicted molar refractivity (Wildman–Crippen MR) is 66.3 cm³/mol. The van der Waals surface area contributed by atoms with Crippen LogP contribution in [-0.4, -0.2) is 29.6 Å². The van der Waals surface area contributed by atoms with Crippen molar-refractivity contribution in [1.82, 2.24) is 10.3 Å². The number of nitrogens with one attached hydrogen (secondary N) is 1. The number of thioether (sulfide) groups is 1. The van der Waals surface area contributed by atoms with E-state index in [-0.39, 0.29) is 0 Å². The molecule has 1 unspecified atom stereocenters. The average molecular weight is 230 g/mol. The zero-order chi connectivity index (χ0) is 10.2. The Morgan fingerprint density at radius 3 is 3.07 bits per heavy atom. The van der Waals surface area contributed by atoms with E-state index in [1.54, 1.807) is 11.3 Å². The molecular formula is C10H18N2S2. The van der Waals surface area contributed by atoms with Gasteiger partial charge in [-0.3, -0.25) is 4.98 Å². The highest BCUT2D eigenvalue weighted by Gasteiger charge is 2.08. The van der Waals surface area contributed by atoms with Gasteiger partial charge in [0, 0.05) is 22.9 Å². The highest BCUT2D eigenvalue weighted by Crippen LogP contribution is 2.11. The van der Waals surface area contributed by atoms with Gasteiger partial charge in [0.2, 0.25) is 0 Å². The van der Waals surface area contributed by atoms with Gasteiger partial charge in [0.15, 0.2) is 0 Å². The Balaban J connectivity index is 2.34. The van der Waals surface area contributed by atoms with Crippen LogP contribution >= 0.6 is 23.1 Å². The molecule has 0 aromatic carbocycles. The third kappa shape index (κ3) is 4.44. The smallest absolute Gasteiger partial charge is 0.0794 e. The molecule has 0 saturated carbocycles. The first-order chi connectivity index (χ1) is 6.86. The maximum atomic E-state index is 4.10. The molecule has 4 heteroatoms. The monoisotopic (exact) mass is 230 g/mol. The third-order valence-electron chi connectivity index (χ3n) is 1.98. The van der Waals surface area contributed by atoms with Gasteiger partial charge in [-0.15, -0.1) is 11.3 Å². The lowest BCUT2D eigenvalue weighted by Gasteiger charge is -2.16. The zero-order valence-corrected chi connectivity index (χ0v) is 10.5. The first-order valence-electron chi connectivity index (χ1n) is 4.96. The molecule has 1 atom stereocenters.